The lowest BCUT2D eigenvalue weighted by atomic mass is 10.1. The number of imidazole rings is 1. The first-order valence-corrected chi connectivity index (χ1v) is 4.72. The van der Waals surface area contributed by atoms with E-state index in [1.54, 1.807) is 0 Å². The summed E-state index contributed by atoms with van der Waals surface area (Å²) in [5, 5.41) is 0. The number of carbonyl (C=O) groups excluding carboxylic acids is 1. The van der Waals surface area contributed by atoms with Gasteiger partial charge in [0.2, 0.25) is 0 Å². The Morgan fingerprint density at radius 2 is 2.60 bits per heavy atom. The fraction of sp³-hybridized carbons (Fsp3) is 0.556. The third kappa shape index (κ3) is 1.68. The van der Waals surface area contributed by atoms with Crippen LogP contribution in [0.25, 0.3) is 0 Å². The highest BCUT2D eigenvalue weighted by molar-refractivity contribution is 5.87. The molecular formula is C9H13N3O3. The van der Waals surface area contributed by atoms with Gasteiger partial charge in [-0.3, -0.25) is 0 Å². The summed E-state index contributed by atoms with van der Waals surface area (Å²) in [5.41, 5.74) is 0.263. The van der Waals surface area contributed by atoms with Gasteiger partial charge in [0.15, 0.2) is 5.69 Å². The van der Waals surface area contributed by atoms with Gasteiger partial charge in [0.1, 0.15) is 5.82 Å². The first-order chi connectivity index (χ1) is 7.24. The number of nitrogen functional groups attached to an aromatic ring is 1. The number of aromatic nitrogens is 2. The van der Waals surface area contributed by atoms with Crippen LogP contribution in [0.1, 0.15) is 28.7 Å². The van der Waals surface area contributed by atoms with Crippen molar-refractivity contribution in [1.29, 1.82) is 0 Å². The van der Waals surface area contributed by atoms with Crippen LogP contribution < -0.4 is 5.84 Å². The molecule has 1 aromatic heterocycles. The van der Waals surface area contributed by atoms with Gasteiger partial charge < -0.3 is 15.3 Å². The van der Waals surface area contributed by atoms with Crippen LogP contribution in [0.4, 0.5) is 0 Å². The molecule has 1 aromatic rings. The number of rotatable bonds is 2. The quantitative estimate of drug-likeness (QED) is 0.545. The van der Waals surface area contributed by atoms with Crippen molar-refractivity contribution in [3.63, 3.8) is 0 Å². The molecule has 82 valence electrons. The summed E-state index contributed by atoms with van der Waals surface area (Å²) < 4.78 is 11.1. The maximum atomic E-state index is 11.3. The zero-order chi connectivity index (χ0) is 10.8. The molecule has 1 fully saturated rings. The summed E-state index contributed by atoms with van der Waals surface area (Å²) in [6.07, 6.45) is 2.31. The predicted molar refractivity (Wildman–Crippen MR) is 51.9 cm³/mol. The topological polar surface area (TPSA) is 79.4 Å². The lowest BCUT2D eigenvalue weighted by molar-refractivity contribution is 0.0590. The number of esters is 1. The monoisotopic (exact) mass is 211 g/mol. The van der Waals surface area contributed by atoms with Gasteiger partial charge >= 0.3 is 5.97 Å². The SMILES string of the molecule is COC(=O)c1cnc(C2CCOC2)n1N. The van der Waals surface area contributed by atoms with E-state index in [2.05, 4.69) is 9.72 Å². The second-order valence-corrected chi connectivity index (χ2v) is 3.42. The van der Waals surface area contributed by atoms with Crippen LogP contribution in [0.15, 0.2) is 6.20 Å². The van der Waals surface area contributed by atoms with Crippen LogP contribution >= 0.6 is 0 Å². The number of hydrogen-bond acceptors (Lipinski definition) is 5. The van der Waals surface area contributed by atoms with Crippen LogP contribution in [0.2, 0.25) is 0 Å². The Kier molecular flexibility index (Phi) is 2.59. The van der Waals surface area contributed by atoms with Crippen molar-refractivity contribution in [2.75, 3.05) is 26.2 Å². The van der Waals surface area contributed by atoms with Crippen LogP contribution in [-0.4, -0.2) is 36.0 Å². The molecule has 1 saturated heterocycles. The molecule has 2 N–H and O–H groups in total. The van der Waals surface area contributed by atoms with Crippen molar-refractivity contribution in [1.82, 2.24) is 9.66 Å². The van der Waals surface area contributed by atoms with Gasteiger partial charge in [-0.1, -0.05) is 0 Å². The van der Waals surface area contributed by atoms with E-state index in [1.165, 1.54) is 18.0 Å². The zero-order valence-electron chi connectivity index (χ0n) is 8.47. The Bertz CT molecular complexity index is 369. The van der Waals surface area contributed by atoms with Crippen molar-refractivity contribution in [3.05, 3.63) is 17.7 Å². The second-order valence-electron chi connectivity index (χ2n) is 3.42. The molecule has 2 rings (SSSR count). The molecule has 0 aromatic carbocycles. The third-order valence-electron chi connectivity index (χ3n) is 2.51. The number of methoxy groups -OCH3 is 1. The van der Waals surface area contributed by atoms with Gasteiger partial charge in [-0.25, -0.2) is 14.5 Å². The summed E-state index contributed by atoms with van der Waals surface area (Å²) in [4.78, 5) is 15.4. The van der Waals surface area contributed by atoms with E-state index in [1.807, 2.05) is 0 Å². The molecule has 6 nitrogen and oxygen atoms in total. The minimum absolute atomic E-state index is 0.174. The molecule has 0 saturated carbocycles. The van der Waals surface area contributed by atoms with E-state index < -0.39 is 5.97 Å². The van der Waals surface area contributed by atoms with E-state index in [0.29, 0.717) is 19.0 Å². The lowest BCUT2D eigenvalue weighted by Crippen LogP contribution is -2.21. The average Bonchev–Trinajstić information content (AvgIpc) is 2.85. The predicted octanol–water partition coefficient (Wildman–Crippen LogP) is -0.113. The Labute approximate surface area is 87.0 Å². The van der Waals surface area contributed by atoms with Crippen molar-refractivity contribution in [2.45, 2.75) is 12.3 Å². The summed E-state index contributed by atoms with van der Waals surface area (Å²) in [6, 6.07) is 0. The van der Waals surface area contributed by atoms with Crippen molar-refractivity contribution < 1.29 is 14.3 Å². The molecule has 1 aliphatic rings. The van der Waals surface area contributed by atoms with E-state index >= 15 is 0 Å². The van der Waals surface area contributed by atoms with Gasteiger partial charge in [-0.05, 0) is 6.42 Å². The first kappa shape index (κ1) is 9.97. The van der Waals surface area contributed by atoms with Gasteiger partial charge in [0.05, 0.1) is 19.9 Å². The van der Waals surface area contributed by atoms with Crippen molar-refractivity contribution >= 4 is 5.97 Å². The fourth-order valence-electron chi connectivity index (χ4n) is 1.67. The van der Waals surface area contributed by atoms with E-state index in [0.717, 1.165) is 6.42 Å². The van der Waals surface area contributed by atoms with Gasteiger partial charge in [-0.15, -0.1) is 0 Å². The first-order valence-electron chi connectivity index (χ1n) is 4.72. The molecule has 0 spiro atoms. The average molecular weight is 211 g/mol. The number of nitrogens with zero attached hydrogens (tertiary/aromatic N) is 2. The summed E-state index contributed by atoms with van der Waals surface area (Å²) in [5.74, 6) is 6.13. The maximum Gasteiger partial charge on any atom is 0.358 e. The Hall–Kier alpha value is -1.56. The molecule has 1 aliphatic heterocycles. The van der Waals surface area contributed by atoms with Gasteiger partial charge in [-0.2, -0.15) is 0 Å². The molecule has 0 bridgehead atoms. The summed E-state index contributed by atoms with van der Waals surface area (Å²) in [6.45, 7) is 1.32. The molecular weight excluding hydrogens is 198 g/mol. The zero-order valence-corrected chi connectivity index (χ0v) is 8.47. The molecule has 15 heavy (non-hydrogen) atoms. The number of hydrogen-bond donors (Lipinski definition) is 1. The highest BCUT2D eigenvalue weighted by atomic mass is 16.5. The summed E-state index contributed by atoms with van der Waals surface area (Å²) >= 11 is 0. The molecule has 2 heterocycles. The fourth-order valence-corrected chi connectivity index (χ4v) is 1.67. The molecule has 0 aliphatic carbocycles. The Morgan fingerprint density at radius 1 is 1.80 bits per heavy atom. The molecule has 1 unspecified atom stereocenters. The van der Waals surface area contributed by atoms with Crippen molar-refractivity contribution in [2.24, 2.45) is 0 Å². The van der Waals surface area contributed by atoms with Crippen LogP contribution in [0.5, 0.6) is 0 Å². The minimum Gasteiger partial charge on any atom is -0.464 e. The van der Waals surface area contributed by atoms with Crippen LogP contribution in [0, 0.1) is 0 Å². The number of ether oxygens (including phenoxy) is 2. The maximum absolute atomic E-state index is 11.3. The Morgan fingerprint density at radius 3 is 3.20 bits per heavy atom. The number of nitrogens with two attached hydrogens (primary N) is 1. The van der Waals surface area contributed by atoms with E-state index in [-0.39, 0.29) is 11.6 Å². The number of carbonyl (C=O) groups is 1. The van der Waals surface area contributed by atoms with Crippen molar-refractivity contribution in [3.8, 4) is 0 Å². The molecule has 6 heteroatoms. The molecule has 0 radical (unpaired) electrons. The Balaban J connectivity index is 2.26. The highest BCUT2D eigenvalue weighted by Crippen LogP contribution is 2.23. The smallest absolute Gasteiger partial charge is 0.358 e. The minimum atomic E-state index is -0.477. The van der Waals surface area contributed by atoms with Crippen LogP contribution in [-0.2, 0) is 9.47 Å². The van der Waals surface area contributed by atoms with E-state index in [9.17, 15) is 4.79 Å². The third-order valence-corrected chi connectivity index (χ3v) is 2.51. The van der Waals surface area contributed by atoms with E-state index in [4.69, 9.17) is 10.6 Å². The van der Waals surface area contributed by atoms with Crippen LogP contribution in [0.3, 0.4) is 0 Å². The molecule has 0 amide bonds. The summed E-state index contributed by atoms with van der Waals surface area (Å²) in [7, 11) is 1.31. The van der Waals surface area contributed by atoms with Gasteiger partial charge in [0, 0.05) is 12.5 Å². The lowest BCUT2D eigenvalue weighted by Gasteiger charge is -2.08. The highest BCUT2D eigenvalue weighted by Gasteiger charge is 2.25. The van der Waals surface area contributed by atoms with Gasteiger partial charge in [0.25, 0.3) is 0 Å². The second kappa shape index (κ2) is 3.90. The largest absolute Gasteiger partial charge is 0.464 e. The standard InChI is InChI=1S/C9H13N3O3/c1-14-9(13)7-4-11-8(12(7)10)6-2-3-15-5-6/h4,6H,2-3,5,10H2,1H3. The normalized spacial score (nSPS) is 20.5. The molecule has 1 atom stereocenters.